The first-order valence-electron chi connectivity index (χ1n) is 23.2. The third-order valence-electron chi connectivity index (χ3n) is 17.3. The molecule has 6 aliphatic carbocycles. The maximum absolute atomic E-state index is 8.20. The molecule has 6 unspecified atom stereocenters. The molecule has 4 aliphatic heterocycles. The quantitative estimate of drug-likeness (QED) is 0.156. The number of aromatic nitrogens is 2. The van der Waals surface area contributed by atoms with E-state index >= 15 is 0 Å². The molecule has 314 valence electrons. The van der Waals surface area contributed by atoms with Crippen LogP contribution in [0.4, 0.5) is 11.6 Å². The summed E-state index contributed by atoms with van der Waals surface area (Å²) in [6.45, 7) is 11.1. The first-order chi connectivity index (χ1) is 30.7. The van der Waals surface area contributed by atoms with Crippen LogP contribution in [0.25, 0.3) is 21.5 Å². The van der Waals surface area contributed by atoms with Gasteiger partial charge in [-0.25, -0.2) is 0 Å². The molecule has 0 N–H and O–H groups in total. The van der Waals surface area contributed by atoms with Crippen molar-refractivity contribution in [2.24, 2.45) is 76.3 Å². The molecule has 2 aromatic heterocycles. The van der Waals surface area contributed by atoms with Gasteiger partial charge in [0.25, 0.3) is 0 Å². The maximum atomic E-state index is 8.20. The molecule has 10 bridgehead atoms. The van der Waals surface area contributed by atoms with E-state index in [-0.39, 0.29) is 10.8 Å². The van der Waals surface area contributed by atoms with Gasteiger partial charge in [-0.05, 0) is 0 Å². The summed E-state index contributed by atoms with van der Waals surface area (Å²) in [7, 11) is 0. The molecule has 0 radical (unpaired) electrons. The first kappa shape index (κ1) is 37.3. The summed E-state index contributed by atoms with van der Waals surface area (Å²) in [5.74, 6) is 7.54. The van der Waals surface area contributed by atoms with E-state index in [1.807, 2.05) is 0 Å². The second kappa shape index (κ2) is 13.0. The van der Waals surface area contributed by atoms with Gasteiger partial charge >= 0.3 is 374 Å². The Labute approximate surface area is 372 Å². The Kier molecular flexibility index (Phi) is 7.73. The third-order valence-corrected chi connectivity index (χ3v) is 26.0. The fourth-order valence-electron chi connectivity index (χ4n) is 13.5. The topological polar surface area (TPSA) is 102 Å². The molecule has 4 aromatic carbocycles. The van der Waals surface area contributed by atoms with E-state index in [2.05, 4.69) is 130 Å². The molecule has 6 heterocycles. The fraction of sp³-hybridized carbons (Fsp3) is 0.385. The molecule has 0 amide bonds. The number of hydrogen-bond acceptors (Lipinski definition) is 8. The van der Waals surface area contributed by atoms with Gasteiger partial charge in [-0.2, -0.15) is 0 Å². The van der Waals surface area contributed by atoms with E-state index in [9.17, 15) is 0 Å². The summed E-state index contributed by atoms with van der Waals surface area (Å²) >= 11 is -5.45. The van der Waals surface area contributed by atoms with E-state index < -0.39 is 19.8 Å². The second-order valence-corrected chi connectivity index (χ2v) is 28.0. The molecule has 0 saturated heterocycles. The summed E-state index contributed by atoms with van der Waals surface area (Å²) < 4.78 is 21.1. The van der Waals surface area contributed by atoms with Gasteiger partial charge in [0.15, 0.2) is 0 Å². The standard InChI is InChI=1S/C32H16N8.2C10H17O.Sn/c1-2-10-18-17(9-1)25-33-26(18)38-28-21-13-5-6-14-22(21)30(35-28)40-32-24-16-8-7-15-23(24)31(36-32)39-29-20-12-4-3-11-19(20)27(34-29)37-25;2*1-10(2)8-4-3-7(6-11)9(10)5-8;/h1-16H;2*7-9H,3-6H2,1-2H3;/q-2;2*-1;+4. The number of amidine groups is 4. The molecule has 10 aliphatic rings. The molecule has 6 aromatic rings. The molecule has 6 saturated carbocycles. The minimum absolute atomic E-state index is 0.285. The van der Waals surface area contributed by atoms with Crippen molar-refractivity contribution >= 4 is 76.3 Å². The normalized spacial score (nSPS) is 29.5. The average molecular weight is 938 g/mol. The Morgan fingerprint density at radius 3 is 1.25 bits per heavy atom. The average Bonchev–Trinajstić information content (AvgIpc) is 4.03. The number of nitrogens with zero attached hydrogens (tertiary/aromatic N) is 8. The Morgan fingerprint density at radius 1 is 0.476 bits per heavy atom. The van der Waals surface area contributed by atoms with Gasteiger partial charge in [0.05, 0.1) is 0 Å². The van der Waals surface area contributed by atoms with Crippen molar-refractivity contribution in [1.82, 2.24) is 5.58 Å². The predicted octanol–water partition coefficient (Wildman–Crippen LogP) is 9.55. The van der Waals surface area contributed by atoms with Crippen LogP contribution in [0.2, 0.25) is 0 Å². The zero-order chi connectivity index (χ0) is 42.0. The molecule has 63 heavy (non-hydrogen) atoms. The molecule has 6 atom stereocenters. The molecule has 10 nitrogen and oxygen atoms in total. The molecule has 16 rings (SSSR count). The summed E-state index contributed by atoms with van der Waals surface area (Å²) in [5, 5.41) is 3.90. The van der Waals surface area contributed by atoms with Gasteiger partial charge in [0.2, 0.25) is 0 Å². The summed E-state index contributed by atoms with van der Waals surface area (Å²) in [4.78, 5) is 33.3. The number of rotatable bonds is 6. The van der Waals surface area contributed by atoms with Crippen molar-refractivity contribution in [3.05, 3.63) is 130 Å². The van der Waals surface area contributed by atoms with Crippen LogP contribution in [0.1, 0.15) is 88.5 Å². The van der Waals surface area contributed by atoms with Crippen LogP contribution in [0.15, 0.2) is 127 Å². The van der Waals surface area contributed by atoms with Crippen molar-refractivity contribution in [2.45, 2.75) is 66.2 Å². The molecule has 0 spiro atoms. The van der Waals surface area contributed by atoms with Crippen LogP contribution in [-0.2, 0) is 6.15 Å². The Balaban J connectivity index is 1.15. The number of hydrogen-bond donors (Lipinski definition) is 0. The predicted molar refractivity (Wildman–Crippen MR) is 249 cm³/mol. The van der Waals surface area contributed by atoms with Crippen molar-refractivity contribution in [1.29, 1.82) is 0 Å². The van der Waals surface area contributed by atoms with Crippen LogP contribution in [0.3, 0.4) is 0 Å². The second-order valence-electron chi connectivity index (χ2n) is 20.7. The number of benzene rings is 4. The number of fused-ring (bicyclic) bond motifs is 18. The fourth-order valence-corrected chi connectivity index (χ4v) is 23.2. The Morgan fingerprint density at radius 2 is 0.857 bits per heavy atom. The van der Waals surface area contributed by atoms with Crippen LogP contribution >= 0.6 is 0 Å². The monoisotopic (exact) mass is 938 g/mol. The van der Waals surface area contributed by atoms with E-state index in [0.717, 1.165) is 91.1 Å². The van der Waals surface area contributed by atoms with Crippen LogP contribution in [-0.4, -0.2) is 61.9 Å². The first-order valence-corrected chi connectivity index (χ1v) is 28.1. The van der Waals surface area contributed by atoms with Gasteiger partial charge in [-0.3, -0.25) is 0 Å². The van der Waals surface area contributed by atoms with Gasteiger partial charge < -0.3 is 0 Å². The molecular formula is C52H50N8O2Sn. The van der Waals surface area contributed by atoms with Crippen LogP contribution in [0.5, 0.6) is 0 Å². The van der Waals surface area contributed by atoms with Crippen LogP contribution < -0.4 is 11.0 Å². The van der Waals surface area contributed by atoms with E-state index in [1.165, 1.54) is 25.7 Å². The zero-order valence-corrected chi connectivity index (χ0v) is 39.1. The zero-order valence-electron chi connectivity index (χ0n) is 36.3. The van der Waals surface area contributed by atoms with E-state index in [4.69, 9.17) is 36.1 Å². The number of aliphatic imine (C=N–C) groups is 4. The minimum atomic E-state index is -5.45. The van der Waals surface area contributed by atoms with Crippen molar-refractivity contribution in [3.8, 4) is 0 Å². The van der Waals surface area contributed by atoms with Gasteiger partial charge in [0, 0.05) is 0 Å². The van der Waals surface area contributed by atoms with Crippen molar-refractivity contribution in [3.63, 3.8) is 0 Å². The molecular weight excluding hydrogens is 887 g/mol. The third kappa shape index (κ3) is 5.03. The van der Waals surface area contributed by atoms with Gasteiger partial charge in [-0.15, -0.1) is 0 Å². The Hall–Kier alpha value is -5.04. The summed E-state index contributed by atoms with van der Waals surface area (Å²) in [5.41, 5.74) is 5.89. The summed E-state index contributed by atoms with van der Waals surface area (Å²) in [6.07, 6.45) is 7.30. The molecule has 6 fully saturated rings. The van der Waals surface area contributed by atoms with E-state index in [1.54, 1.807) is 0 Å². The van der Waals surface area contributed by atoms with Gasteiger partial charge in [0.1, 0.15) is 0 Å². The Bertz CT molecular complexity index is 3070. The van der Waals surface area contributed by atoms with Crippen molar-refractivity contribution < 1.29 is 6.15 Å². The van der Waals surface area contributed by atoms with E-state index in [0.29, 0.717) is 60.2 Å². The molecule has 11 heteroatoms. The SMILES string of the molecule is CC1(C)C2CCC(C[O][Sn]3([O]CC4CCC5CC4C5(C)C)[n]4c5c6ccccc6c4N=C4N=C(N=c6c7ccccc7c([n]63)=NC3=NC(=N5)c5ccccc53)c3ccccc34)C1C2. The summed E-state index contributed by atoms with van der Waals surface area (Å²) in [6, 6.07) is 33.9. The van der Waals surface area contributed by atoms with Gasteiger partial charge in [-0.1, -0.05) is 0 Å². The van der Waals surface area contributed by atoms with Crippen LogP contribution in [0, 0.1) is 46.3 Å². The van der Waals surface area contributed by atoms with Crippen molar-refractivity contribution in [2.75, 3.05) is 13.2 Å².